The van der Waals surface area contributed by atoms with Crippen molar-refractivity contribution in [1.82, 2.24) is 0 Å². The van der Waals surface area contributed by atoms with E-state index in [-0.39, 0.29) is 11.6 Å². The van der Waals surface area contributed by atoms with Gasteiger partial charge < -0.3 is 9.73 Å². The zero-order chi connectivity index (χ0) is 13.7. The maximum Gasteiger partial charge on any atom is 0.360 e. The van der Waals surface area contributed by atoms with E-state index in [4.69, 9.17) is 4.42 Å². The van der Waals surface area contributed by atoms with Crippen LogP contribution in [-0.4, -0.2) is 5.91 Å². The minimum absolute atomic E-state index is 0.143. The predicted molar refractivity (Wildman–Crippen MR) is 74.7 cm³/mol. The van der Waals surface area contributed by atoms with Gasteiger partial charge in [-0.3, -0.25) is 4.79 Å². The van der Waals surface area contributed by atoms with Crippen LogP contribution in [0.3, 0.4) is 0 Å². The van der Waals surface area contributed by atoms with Crippen molar-refractivity contribution in [3.05, 3.63) is 64.2 Å². The van der Waals surface area contributed by atoms with Crippen LogP contribution in [-0.2, 0) is 4.79 Å². The topological polar surface area (TPSA) is 59.3 Å². The zero-order valence-electron chi connectivity index (χ0n) is 10.4. The third kappa shape index (κ3) is 3.67. The molecule has 0 unspecified atom stereocenters. The highest BCUT2D eigenvalue weighted by atomic mass is 16.4. The van der Waals surface area contributed by atoms with Crippen LogP contribution < -0.4 is 10.9 Å². The van der Waals surface area contributed by atoms with Crippen LogP contribution in [0.4, 0.5) is 5.69 Å². The molecule has 1 heterocycles. The van der Waals surface area contributed by atoms with Gasteiger partial charge in [-0.15, -0.1) is 0 Å². The normalized spacial score (nSPS) is 10.6. The molecule has 4 nitrogen and oxygen atoms in total. The van der Waals surface area contributed by atoms with E-state index in [2.05, 4.69) is 5.32 Å². The Balaban J connectivity index is 2.19. The van der Waals surface area contributed by atoms with Gasteiger partial charge in [0, 0.05) is 6.92 Å². The minimum atomic E-state index is -0.564. The summed E-state index contributed by atoms with van der Waals surface area (Å²) in [6.07, 6.45) is 3.55. The molecule has 19 heavy (non-hydrogen) atoms. The maximum absolute atomic E-state index is 11.6. The molecule has 1 amide bonds. The summed E-state index contributed by atoms with van der Waals surface area (Å²) in [7, 11) is 0. The standard InChI is InChI=1S/C15H13NO3/c1-11(17)16-14-10-9-13(19-15(14)18)8-7-12-5-3-2-4-6-12/h2-10H,1H3,(H,16,17)/b8-7+. The Labute approximate surface area is 110 Å². The summed E-state index contributed by atoms with van der Waals surface area (Å²) in [4.78, 5) is 22.4. The van der Waals surface area contributed by atoms with Crippen molar-refractivity contribution >= 4 is 23.7 Å². The Morgan fingerprint density at radius 2 is 1.84 bits per heavy atom. The number of hydrogen-bond donors (Lipinski definition) is 1. The van der Waals surface area contributed by atoms with E-state index < -0.39 is 5.63 Å². The molecule has 4 heteroatoms. The Kier molecular flexibility index (Phi) is 3.93. The first-order valence-corrected chi connectivity index (χ1v) is 5.80. The average Bonchev–Trinajstić information content (AvgIpc) is 2.40. The molecular formula is C15H13NO3. The summed E-state index contributed by atoms with van der Waals surface area (Å²) in [6, 6.07) is 12.8. The van der Waals surface area contributed by atoms with E-state index in [0.717, 1.165) is 5.56 Å². The molecule has 0 saturated heterocycles. The summed E-state index contributed by atoms with van der Waals surface area (Å²) < 4.78 is 5.07. The largest absolute Gasteiger partial charge is 0.422 e. The van der Waals surface area contributed by atoms with E-state index >= 15 is 0 Å². The highest BCUT2D eigenvalue weighted by Gasteiger charge is 2.03. The summed E-state index contributed by atoms with van der Waals surface area (Å²) in [5.41, 5.74) is 0.589. The van der Waals surface area contributed by atoms with Crippen molar-refractivity contribution in [3.8, 4) is 0 Å². The molecule has 0 radical (unpaired) electrons. The Morgan fingerprint density at radius 1 is 1.11 bits per heavy atom. The van der Waals surface area contributed by atoms with Gasteiger partial charge in [0.05, 0.1) is 0 Å². The van der Waals surface area contributed by atoms with Crippen LogP contribution in [0, 0.1) is 0 Å². The lowest BCUT2D eigenvalue weighted by atomic mass is 10.2. The van der Waals surface area contributed by atoms with Gasteiger partial charge in [0.2, 0.25) is 5.91 Å². The fraction of sp³-hybridized carbons (Fsp3) is 0.0667. The van der Waals surface area contributed by atoms with Crippen LogP contribution in [0.5, 0.6) is 0 Å². The van der Waals surface area contributed by atoms with E-state index in [9.17, 15) is 9.59 Å². The fourth-order valence-electron chi connectivity index (χ4n) is 1.54. The monoisotopic (exact) mass is 255 g/mol. The van der Waals surface area contributed by atoms with Gasteiger partial charge in [-0.25, -0.2) is 4.79 Å². The number of nitrogens with one attached hydrogen (secondary N) is 1. The van der Waals surface area contributed by atoms with Crippen molar-refractivity contribution < 1.29 is 9.21 Å². The highest BCUT2D eigenvalue weighted by Crippen LogP contribution is 2.08. The molecule has 0 aliphatic heterocycles. The maximum atomic E-state index is 11.6. The molecule has 0 fully saturated rings. The molecule has 0 aliphatic rings. The second-order valence-corrected chi connectivity index (χ2v) is 3.96. The number of hydrogen-bond acceptors (Lipinski definition) is 3. The summed E-state index contributed by atoms with van der Waals surface area (Å²) in [6.45, 7) is 1.34. The average molecular weight is 255 g/mol. The first kappa shape index (κ1) is 12.8. The molecular weight excluding hydrogens is 242 g/mol. The van der Waals surface area contributed by atoms with E-state index in [1.54, 1.807) is 12.1 Å². The third-order valence-corrected chi connectivity index (χ3v) is 2.40. The van der Waals surface area contributed by atoms with Gasteiger partial charge >= 0.3 is 5.63 Å². The predicted octanol–water partition coefficient (Wildman–Crippen LogP) is 2.77. The summed E-state index contributed by atoms with van der Waals surface area (Å²) in [5, 5.41) is 2.40. The number of carbonyl (C=O) groups is 1. The van der Waals surface area contributed by atoms with Crippen molar-refractivity contribution in [2.45, 2.75) is 6.92 Å². The van der Waals surface area contributed by atoms with Crippen LogP contribution >= 0.6 is 0 Å². The van der Waals surface area contributed by atoms with Gasteiger partial charge in [-0.2, -0.15) is 0 Å². The van der Waals surface area contributed by atoms with Crippen molar-refractivity contribution in [1.29, 1.82) is 0 Å². The first-order valence-electron chi connectivity index (χ1n) is 5.80. The third-order valence-electron chi connectivity index (χ3n) is 2.40. The molecule has 96 valence electrons. The van der Waals surface area contributed by atoms with Crippen LogP contribution in [0.2, 0.25) is 0 Å². The SMILES string of the molecule is CC(=O)Nc1ccc(/C=C/c2ccccc2)oc1=O. The first-order chi connectivity index (χ1) is 9.15. The molecule has 0 bridgehead atoms. The number of anilines is 1. The number of rotatable bonds is 3. The Morgan fingerprint density at radius 3 is 2.47 bits per heavy atom. The van der Waals surface area contributed by atoms with E-state index in [1.807, 2.05) is 36.4 Å². The molecule has 0 spiro atoms. The summed E-state index contributed by atoms with van der Waals surface area (Å²) in [5.74, 6) is 0.128. The van der Waals surface area contributed by atoms with Gasteiger partial charge in [0.25, 0.3) is 0 Å². The minimum Gasteiger partial charge on any atom is -0.422 e. The molecule has 1 aromatic carbocycles. The van der Waals surface area contributed by atoms with Crippen LogP contribution in [0.25, 0.3) is 12.2 Å². The van der Waals surface area contributed by atoms with Crippen LogP contribution in [0.15, 0.2) is 51.7 Å². The van der Waals surface area contributed by atoms with E-state index in [1.165, 1.54) is 13.0 Å². The second-order valence-electron chi connectivity index (χ2n) is 3.96. The Hall–Kier alpha value is -2.62. The second kappa shape index (κ2) is 5.82. The zero-order valence-corrected chi connectivity index (χ0v) is 10.4. The highest BCUT2D eigenvalue weighted by molar-refractivity contribution is 5.88. The van der Waals surface area contributed by atoms with E-state index in [0.29, 0.717) is 5.76 Å². The van der Waals surface area contributed by atoms with Crippen molar-refractivity contribution in [2.75, 3.05) is 5.32 Å². The van der Waals surface area contributed by atoms with Crippen LogP contribution in [0.1, 0.15) is 18.2 Å². The molecule has 1 N–H and O–H groups in total. The number of amides is 1. The number of carbonyl (C=O) groups excluding carboxylic acids is 1. The summed E-state index contributed by atoms with van der Waals surface area (Å²) >= 11 is 0. The van der Waals surface area contributed by atoms with Gasteiger partial charge in [0.1, 0.15) is 11.4 Å². The smallest absolute Gasteiger partial charge is 0.360 e. The molecule has 0 aliphatic carbocycles. The fourth-order valence-corrected chi connectivity index (χ4v) is 1.54. The van der Waals surface area contributed by atoms with Gasteiger partial charge in [0.15, 0.2) is 0 Å². The molecule has 0 saturated carbocycles. The quantitative estimate of drug-likeness (QED) is 0.917. The molecule has 0 atom stereocenters. The molecule has 1 aromatic heterocycles. The Bertz CT molecular complexity index is 657. The molecule has 2 aromatic rings. The van der Waals surface area contributed by atoms with Gasteiger partial charge in [-0.05, 0) is 23.8 Å². The number of benzene rings is 1. The lowest BCUT2D eigenvalue weighted by Gasteiger charge is -1.99. The molecule has 2 rings (SSSR count). The van der Waals surface area contributed by atoms with Gasteiger partial charge in [-0.1, -0.05) is 36.4 Å². The van der Waals surface area contributed by atoms with Crippen molar-refractivity contribution in [2.24, 2.45) is 0 Å². The lowest BCUT2D eigenvalue weighted by Crippen LogP contribution is -2.14. The lowest BCUT2D eigenvalue weighted by molar-refractivity contribution is -0.114. The van der Waals surface area contributed by atoms with Crippen molar-refractivity contribution in [3.63, 3.8) is 0 Å².